The van der Waals surface area contributed by atoms with Crippen LogP contribution in [0.4, 0.5) is 10.1 Å². The fourth-order valence-corrected chi connectivity index (χ4v) is 3.85. The van der Waals surface area contributed by atoms with Crippen molar-refractivity contribution in [3.05, 3.63) is 62.8 Å². The van der Waals surface area contributed by atoms with Gasteiger partial charge in [-0.2, -0.15) is 0 Å². The molecule has 0 saturated heterocycles. The van der Waals surface area contributed by atoms with Gasteiger partial charge in [-0.15, -0.1) is 0 Å². The molecule has 1 atom stereocenters. The summed E-state index contributed by atoms with van der Waals surface area (Å²) in [5.41, 5.74) is 3.48. The van der Waals surface area contributed by atoms with Crippen molar-refractivity contribution >= 4 is 33.2 Å². The molecule has 0 heterocycles. The third-order valence-corrected chi connectivity index (χ3v) is 4.87. The van der Waals surface area contributed by atoms with E-state index >= 15 is 0 Å². The Kier molecular flexibility index (Phi) is 4.51. The topological polar surface area (TPSA) is 12.0 Å². The second-order valence-corrected chi connectivity index (χ2v) is 6.65. The van der Waals surface area contributed by atoms with E-state index in [-0.39, 0.29) is 11.9 Å². The van der Waals surface area contributed by atoms with Crippen LogP contribution in [-0.2, 0) is 6.42 Å². The zero-order valence-electron chi connectivity index (χ0n) is 11.5. The molecule has 3 rings (SSSR count). The molecular formula is C17H16BrClFN. The summed E-state index contributed by atoms with van der Waals surface area (Å²) in [4.78, 5) is 0. The molecule has 0 aliphatic heterocycles. The zero-order valence-corrected chi connectivity index (χ0v) is 13.8. The number of hydrogen-bond donors (Lipinski definition) is 1. The number of halogens is 3. The average Bonchev–Trinajstić information content (AvgIpc) is 2.65. The highest BCUT2D eigenvalue weighted by molar-refractivity contribution is 9.10. The van der Waals surface area contributed by atoms with Gasteiger partial charge < -0.3 is 5.32 Å². The van der Waals surface area contributed by atoms with Crippen LogP contribution in [0.1, 0.15) is 36.4 Å². The number of benzene rings is 2. The van der Waals surface area contributed by atoms with Crippen molar-refractivity contribution in [1.82, 2.24) is 0 Å². The molecule has 1 nitrogen and oxygen atoms in total. The van der Waals surface area contributed by atoms with E-state index in [2.05, 4.69) is 45.5 Å². The summed E-state index contributed by atoms with van der Waals surface area (Å²) in [6.45, 7) is 0. The van der Waals surface area contributed by atoms with E-state index in [1.807, 2.05) is 0 Å². The fraction of sp³-hybridized carbons (Fsp3) is 0.294. The van der Waals surface area contributed by atoms with Crippen molar-refractivity contribution in [1.29, 1.82) is 0 Å². The van der Waals surface area contributed by atoms with Crippen LogP contribution in [0, 0.1) is 5.82 Å². The summed E-state index contributed by atoms with van der Waals surface area (Å²) >= 11 is 9.59. The lowest BCUT2D eigenvalue weighted by Gasteiger charge is -2.22. The van der Waals surface area contributed by atoms with Crippen molar-refractivity contribution in [3.63, 3.8) is 0 Å². The Hall–Kier alpha value is -1.06. The first-order valence-electron chi connectivity index (χ1n) is 7.14. The fourth-order valence-electron chi connectivity index (χ4n) is 2.93. The Balaban J connectivity index is 1.95. The van der Waals surface area contributed by atoms with Gasteiger partial charge in [0.1, 0.15) is 5.82 Å². The SMILES string of the molecule is Fc1cc(Cl)c(NC2CCCCc3ccccc32)c(Br)c1. The number of fused-ring (bicyclic) bond motifs is 1. The second kappa shape index (κ2) is 6.37. The van der Waals surface area contributed by atoms with E-state index in [9.17, 15) is 4.39 Å². The lowest BCUT2D eigenvalue weighted by Crippen LogP contribution is -2.12. The molecule has 110 valence electrons. The van der Waals surface area contributed by atoms with Gasteiger partial charge in [-0.1, -0.05) is 42.3 Å². The molecule has 4 heteroatoms. The van der Waals surface area contributed by atoms with Crippen molar-refractivity contribution in [2.45, 2.75) is 31.7 Å². The first-order chi connectivity index (χ1) is 10.1. The van der Waals surface area contributed by atoms with Gasteiger partial charge in [0.25, 0.3) is 0 Å². The van der Waals surface area contributed by atoms with E-state index in [4.69, 9.17) is 11.6 Å². The van der Waals surface area contributed by atoms with Crippen LogP contribution in [0.2, 0.25) is 5.02 Å². The normalized spacial score (nSPS) is 18.0. The van der Waals surface area contributed by atoms with Crippen LogP contribution >= 0.6 is 27.5 Å². The second-order valence-electron chi connectivity index (χ2n) is 5.39. The largest absolute Gasteiger partial charge is 0.376 e. The number of nitrogens with one attached hydrogen (secondary N) is 1. The predicted octanol–water partition coefficient (Wildman–Crippen LogP) is 6.12. The standard InChI is InChI=1S/C17H16BrClFN/c18-14-9-12(20)10-15(19)17(14)21-16-8-4-2-6-11-5-1-3-7-13(11)16/h1,3,5,7,9-10,16,21H,2,4,6,8H2. The van der Waals surface area contributed by atoms with Gasteiger partial charge in [0.05, 0.1) is 16.8 Å². The minimum atomic E-state index is -0.335. The van der Waals surface area contributed by atoms with Crippen molar-refractivity contribution in [2.24, 2.45) is 0 Å². The van der Waals surface area contributed by atoms with Crippen molar-refractivity contribution in [3.8, 4) is 0 Å². The van der Waals surface area contributed by atoms with E-state index in [1.54, 1.807) is 0 Å². The molecular weight excluding hydrogens is 353 g/mol. The van der Waals surface area contributed by atoms with Gasteiger partial charge in [-0.3, -0.25) is 0 Å². The molecule has 0 fully saturated rings. The molecule has 1 aliphatic carbocycles. The average molecular weight is 369 g/mol. The molecule has 1 N–H and O–H groups in total. The summed E-state index contributed by atoms with van der Waals surface area (Å²) < 4.78 is 14.0. The van der Waals surface area contributed by atoms with Gasteiger partial charge in [0.15, 0.2) is 0 Å². The first-order valence-corrected chi connectivity index (χ1v) is 8.31. The summed E-state index contributed by atoms with van der Waals surface area (Å²) in [6.07, 6.45) is 4.54. The molecule has 0 spiro atoms. The van der Waals surface area contributed by atoms with Gasteiger partial charge in [0, 0.05) is 4.47 Å². The third kappa shape index (κ3) is 3.24. The number of hydrogen-bond acceptors (Lipinski definition) is 1. The Morgan fingerprint density at radius 2 is 2.00 bits per heavy atom. The van der Waals surface area contributed by atoms with Crippen molar-refractivity contribution < 1.29 is 4.39 Å². The molecule has 2 aromatic rings. The molecule has 1 aliphatic rings. The quantitative estimate of drug-likeness (QED) is 0.629. The lowest BCUT2D eigenvalue weighted by molar-refractivity contribution is 0.625. The van der Waals surface area contributed by atoms with Crippen LogP contribution in [0.5, 0.6) is 0 Å². The zero-order chi connectivity index (χ0) is 14.8. The summed E-state index contributed by atoms with van der Waals surface area (Å²) in [6, 6.07) is 11.5. The van der Waals surface area contributed by atoms with E-state index < -0.39 is 0 Å². The smallest absolute Gasteiger partial charge is 0.125 e. The van der Waals surface area contributed by atoms with E-state index in [1.165, 1.54) is 36.1 Å². The number of anilines is 1. The Morgan fingerprint density at radius 3 is 2.81 bits per heavy atom. The van der Waals surface area contributed by atoms with Crippen LogP contribution in [0.25, 0.3) is 0 Å². The molecule has 0 aromatic heterocycles. The molecule has 0 saturated carbocycles. The lowest BCUT2D eigenvalue weighted by atomic mass is 9.99. The van der Waals surface area contributed by atoms with Gasteiger partial charge in [0.2, 0.25) is 0 Å². The highest BCUT2D eigenvalue weighted by atomic mass is 79.9. The van der Waals surface area contributed by atoms with Gasteiger partial charge in [-0.05, 0) is 58.5 Å². The molecule has 0 amide bonds. The van der Waals surface area contributed by atoms with E-state index in [0.717, 1.165) is 18.5 Å². The Bertz CT molecular complexity index is 636. The van der Waals surface area contributed by atoms with Crippen LogP contribution < -0.4 is 5.32 Å². The monoisotopic (exact) mass is 367 g/mol. The molecule has 1 unspecified atom stereocenters. The van der Waals surface area contributed by atoms with Gasteiger partial charge >= 0.3 is 0 Å². The molecule has 21 heavy (non-hydrogen) atoms. The first kappa shape index (κ1) is 14.9. The summed E-state index contributed by atoms with van der Waals surface area (Å²) in [5, 5.41) is 3.90. The maximum Gasteiger partial charge on any atom is 0.125 e. The van der Waals surface area contributed by atoms with Crippen LogP contribution in [0.3, 0.4) is 0 Å². The Labute approximate surface area is 137 Å². The van der Waals surface area contributed by atoms with Crippen molar-refractivity contribution in [2.75, 3.05) is 5.32 Å². The molecule has 0 bridgehead atoms. The minimum absolute atomic E-state index is 0.211. The molecule has 0 radical (unpaired) electrons. The van der Waals surface area contributed by atoms with Gasteiger partial charge in [-0.25, -0.2) is 4.39 Å². The maximum atomic E-state index is 13.3. The van der Waals surface area contributed by atoms with E-state index in [0.29, 0.717) is 9.50 Å². The van der Waals surface area contributed by atoms with Crippen LogP contribution in [0.15, 0.2) is 40.9 Å². The number of rotatable bonds is 2. The summed E-state index contributed by atoms with van der Waals surface area (Å²) in [7, 11) is 0. The molecule has 2 aromatic carbocycles. The highest BCUT2D eigenvalue weighted by Gasteiger charge is 2.20. The minimum Gasteiger partial charge on any atom is -0.376 e. The predicted molar refractivity (Wildman–Crippen MR) is 89.5 cm³/mol. The highest BCUT2D eigenvalue weighted by Crippen LogP contribution is 2.37. The Morgan fingerprint density at radius 1 is 1.19 bits per heavy atom. The van der Waals surface area contributed by atoms with Crippen LogP contribution in [-0.4, -0.2) is 0 Å². The third-order valence-electron chi connectivity index (χ3n) is 3.94. The maximum absolute atomic E-state index is 13.3. The summed E-state index contributed by atoms with van der Waals surface area (Å²) in [5.74, 6) is -0.335. The number of aryl methyl sites for hydroxylation is 1.